The summed E-state index contributed by atoms with van der Waals surface area (Å²) in [7, 11) is -2.11. The summed E-state index contributed by atoms with van der Waals surface area (Å²) in [5, 5.41) is 7.79. The molecule has 4 nitrogen and oxygen atoms in total. The Balaban J connectivity index is 0.000000980. The van der Waals surface area contributed by atoms with Crippen molar-refractivity contribution in [2.24, 2.45) is 0 Å². The van der Waals surface area contributed by atoms with Crippen LogP contribution in [0.25, 0.3) is 0 Å². The monoisotopic (exact) mass is 350 g/mol. The van der Waals surface area contributed by atoms with E-state index >= 15 is 0 Å². The van der Waals surface area contributed by atoms with E-state index in [4.69, 9.17) is 18.7 Å². The largest absolute Gasteiger partial charge is 0.502 e. The van der Waals surface area contributed by atoms with Crippen LogP contribution >= 0.6 is 12.2 Å². The van der Waals surface area contributed by atoms with E-state index in [-0.39, 0.29) is 10.8 Å². The van der Waals surface area contributed by atoms with Crippen LogP contribution in [0.2, 0.25) is 6.04 Å². The van der Waals surface area contributed by atoms with Crippen molar-refractivity contribution in [2.75, 3.05) is 19.8 Å². The van der Waals surface area contributed by atoms with Crippen molar-refractivity contribution >= 4 is 25.8 Å². The van der Waals surface area contributed by atoms with Gasteiger partial charge in [-0.05, 0) is 43.9 Å². The zero-order valence-electron chi connectivity index (χ0n) is 14.7. The third-order valence-corrected chi connectivity index (χ3v) is 7.23. The lowest BCUT2D eigenvalue weighted by Crippen LogP contribution is -2.56. The van der Waals surface area contributed by atoms with Gasteiger partial charge in [-0.25, -0.2) is 0 Å². The Bertz CT molecular complexity index is 277. The fourth-order valence-corrected chi connectivity index (χ4v) is 6.40. The third-order valence-electron chi connectivity index (χ3n) is 3.36. The van der Waals surface area contributed by atoms with Crippen molar-refractivity contribution in [1.29, 1.82) is 0 Å². The molecule has 0 aromatic carbocycles. The summed E-state index contributed by atoms with van der Waals surface area (Å²) in [5.41, 5.74) is 0.254. The molecule has 1 aliphatic rings. The minimum Gasteiger partial charge on any atom is -0.502 e. The highest BCUT2D eigenvalue weighted by Crippen LogP contribution is 2.32. The molecule has 0 bridgehead atoms. The lowest BCUT2D eigenvalue weighted by atomic mass is 10.2. The lowest BCUT2D eigenvalue weighted by molar-refractivity contribution is 0.0304. The fourth-order valence-electron chi connectivity index (χ4n) is 2.47. The summed E-state index contributed by atoms with van der Waals surface area (Å²) in [4.78, 5) is 0. The van der Waals surface area contributed by atoms with E-state index in [0.717, 1.165) is 51.5 Å². The van der Waals surface area contributed by atoms with E-state index in [2.05, 4.69) is 33.0 Å². The van der Waals surface area contributed by atoms with Crippen molar-refractivity contribution in [2.45, 2.75) is 78.0 Å². The maximum atomic E-state index is 7.79. The van der Waals surface area contributed by atoms with Crippen molar-refractivity contribution in [3.8, 4) is 0 Å². The maximum absolute atomic E-state index is 7.79. The molecule has 6 heteroatoms. The third kappa shape index (κ3) is 9.20. The average Bonchev–Trinajstić information content (AvgIpc) is 2.49. The van der Waals surface area contributed by atoms with Crippen molar-refractivity contribution in [3.63, 3.8) is 0 Å². The molecule has 132 valence electrons. The molecule has 0 spiro atoms. The number of aliphatic hydroxyl groups excluding tert-OH is 1. The molecule has 1 unspecified atom stereocenters. The Hall–Kier alpha value is -0.0131. The Labute approximate surface area is 142 Å². The Morgan fingerprint density at radius 2 is 1.55 bits per heavy atom. The molecule has 0 aromatic heterocycles. The summed E-state index contributed by atoms with van der Waals surface area (Å²) in [5.74, 6) is 0. The first-order valence-electron chi connectivity index (χ1n) is 8.61. The van der Waals surface area contributed by atoms with Gasteiger partial charge in [-0.15, -0.1) is 0 Å². The van der Waals surface area contributed by atoms with Gasteiger partial charge in [0.05, 0.1) is 0 Å². The molecule has 0 saturated carbocycles. The summed E-state index contributed by atoms with van der Waals surface area (Å²) in [6, 6.07) is 1.11. The first-order chi connectivity index (χ1) is 10.5. The van der Waals surface area contributed by atoms with E-state index in [0.29, 0.717) is 0 Å². The molecule has 1 N–H and O–H groups in total. The van der Waals surface area contributed by atoms with Gasteiger partial charge in [0.1, 0.15) is 5.73 Å². The number of hydrogen-bond donors (Lipinski definition) is 1. The van der Waals surface area contributed by atoms with Gasteiger partial charge in [0, 0.05) is 26.7 Å². The maximum Gasteiger partial charge on any atom is 0.368 e. The molecule has 0 radical (unpaired) electrons. The van der Waals surface area contributed by atoms with Gasteiger partial charge in [0.25, 0.3) is 0 Å². The topological polar surface area (TPSA) is 47.9 Å². The molecule has 1 fully saturated rings. The SMILES string of the molecule is CC(O)=S.CCCOC1CCCC[Si]1(OCCC)OCCC. The summed E-state index contributed by atoms with van der Waals surface area (Å²) >= 11 is 4.09. The molecular formula is C16H34O4SSi. The minimum absolute atomic E-state index is 0.000000000000000222. The Morgan fingerprint density at radius 3 is 2.00 bits per heavy atom. The fraction of sp³-hybridized carbons (Fsp3) is 0.938. The van der Waals surface area contributed by atoms with Gasteiger partial charge in [-0.1, -0.05) is 33.6 Å². The van der Waals surface area contributed by atoms with Gasteiger partial charge < -0.3 is 18.7 Å². The van der Waals surface area contributed by atoms with Crippen LogP contribution in [0.1, 0.15) is 66.2 Å². The second-order valence-corrected chi connectivity index (χ2v) is 9.57. The molecule has 0 aliphatic carbocycles. The Kier molecular flexibility index (Phi) is 13.4. The normalized spacial score (nSPS) is 20.1. The van der Waals surface area contributed by atoms with Gasteiger partial charge in [-0.3, -0.25) is 0 Å². The van der Waals surface area contributed by atoms with Gasteiger partial charge >= 0.3 is 8.56 Å². The number of rotatable bonds is 9. The van der Waals surface area contributed by atoms with Crippen LogP contribution in [0.3, 0.4) is 0 Å². The van der Waals surface area contributed by atoms with Crippen LogP contribution in [-0.2, 0) is 13.6 Å². The average molecular weight is 351 g/mol. The van der Waals surface area contributed by atoms with E-state index in [1.807, 2.05) is 0 Å². The van der Waals surface area contributed by atoms with Crippen LogP contribution in [-0.4, -0.2) is 44.3 Å². The predicted molar refractivity (Wildman–Crippen MR) is 97.8 cm³/mol. The molecule has 1 saturated heterocycles. The number of hydrogen-bond acceptors (Lipinski definition) is 4. The summed E-state index contributed by atoms with van der Waals surface area (Å²) < 4.78 is 18.5. The lowest BCUT2D eigenvalue weighted by Gasteiger charge is -2.40. The van der Waals surface area contributed by atoms with Crippen LogP contribution in [0, 0.1) is 0 Å². The van der Waals surface area contributed by atoms with Crippen molar-refractivity contribution in [3.05, 3.63) is 0 Å². The zero-order chi connectivity index (χ0) is 16.8. The molecule has 1 aliphatic heterocycles. The van der Waals surface area contributed by atoms with Crippen LogP contribution in [0.5, 0.6) is 0 Å². The predicted octanol–water partition coefficient (Wildman–Crippen LogP) is 4.69. The highest BCUT2D eigenvalue weighted by atomic mass is 32.1. The minimum atomic E-state index is -2.11. The van der Waals surface area contributed by atoms with Gasteiger partial charge in [0.2, 0.25) is 0 Å². The number of aliphatic hydroxyl groups is 1. The number of ether oxygens (including phenoxy) is 1. The van der Waals surface area contributed by atoms with E-state index in [9.17, 15) is 0 Å². The van der Waals surface area contributed by atoms with E-state index in [1.165, 1.54) is 19.8 Å². The second-order valence-electron chi connectivity index (χ2n) is 5.63. The Morgan fingerprint density at radius 1 is 1.05 bits per heavy atom. The van der Waals surface area contributed by atoms with Gasteiger partial charge in [0.15, 0.2) is 5.05 Å². The second kappa shape index (κ2) is 13.4. The first-order valence-corrected chi connectivity index (χ1v) is 11.1. The molecule has 1 heterocycles. The van der Waals surface area contributed by atoms with Gasteiger partial charge in [-0.2, -0.15) is 0 Å². The molecular weight excluding hydrogens is 316 g/mol. The first kappa shape index (κ1) is 22.0. The molecule has 1 rings (SSSR count). The highest BCUT2D eigenvalue weighted by Gasteiger charge is 2.48. The summed E-state index contributed by atoms with van der Waals surface area (Å²) in [6.45, 7) is 10.4. The van der Waals surface area contributed by atoms with E-state index in [1.54, 1.807) is 0 Å². The number of thiocarbonyl (C=S) groups is 1. The highest BCUT2D eigenvalue weighted by molar-refractivity contribution is 7.79. The molecule has 0 amide bonds. The zero-order valence-corrected chi connectivity index (χ0v) is 16.5. The molecule has 22 heavy (non-hydrogen) atoms. The van der Waals surface area contributed by atoms with E-state index < -0.39 is 8.56 Å². The standard InChI is InChI=1S/C14H30O3Si.C2H4OS/c1-4-10-15-14-9-7-8-13-18(14,16-11-5-2)17-12-6-3;1-2(3)4/h14H,4-13H2,1-3H3;1H3,(H,3,4). The summed E-state index contributed by atoms with van der Waals surface area (Å²) in [6.07, 6.45) is 6.82. The van der Waals surface area contributed by atoms with Crippen LogP contribution < -0.4 is 0 Å². The quantitative estimate of drug-likeness (QED) is 0.483. The van der Waals surface area contributed by atoms with Crippen LogP contribution in [0.4, 0.5) is 0 Å². The van der Waals surface area contributed by atoms with Crippen molar-refractivity contribution < 1.29 is 18.7 Å². The smallest absolute Gasteiger partial charge is 0.368 e. The molecule has 1 atom stereocenters. The van der Waals surface area contributed by atoms with Crippen molar-refractivity contribution in [1.82, 2.24) is 0 Å². The molecule has 0 aromatic rings. The van der Waals surface area contributed by atoms with Crippen LogP contribution in [0.15, 0.2) is 0 Å².